The molecular weight excluding hydrogens is 536 g/mol. The van der Waals surface area contributed by atoms with Crippen molar-refractivity contribution >= 4 is 23.2 Å². The van der Waals surface area contributed by atoms with Gasteiger partial charge in [-0.2, -0.15) is 0 Å². The molecule has 2 amide bonds. The Morgan fingerprint density at radius 1 is 0.930 bits per heavy atom. The number of carbonyl (C=O) groups excluding carboxylic acids is 2. The van der Waals surface area contributed by atoms with E-state index in [4.69, 9.17) is 0 Å². The highest BCUT2D eigenvalue weighted by molar-refractivity contribution is 6.02. The highest BCUT2D eigenvalue weighted by atomic mass is 16.3. The molecule has 43 heavy (non-hydrogen) atoms. The molecule has 0 aromatic heterocycles. The SMILES string of the molecule is CCC(CC)C(=O)Nc1ccc(N2CCC(C(O)(c3ccccc3)c3ccccc3)CC2)c(C(=O)NCCCN(C)C)c1. The van der Waals surface area contributed by atoms with E-state index in [-0.39, 0.29) is 23.7 Å². The number of nitrogens with zero attached hydrogens (tertiary/aromatic N) is 2. The van der Waals surface area contributed by atoms with Gasteiger partial charge in [-0.1, -0.05) is 74.5 Å². The number of hydrogen-bond donors (Lipinski definition) is 3. The molecule has 7 heteroatoms. The van der Waals surface area contributed by atoms with Crippen LogP contribution in [0.5, 0.6) is 0 Å². The molecule has 1 fully saturated rings. The van der Waals surface area contributed by atoms with Crippen LogP contribution in [0.15, 0.2) is 78.9 Å². The first-order valence-corrected chi connectivity index (χ1v) is 15.7. The summed E-state index contributed by atoms with van der Waals surface area (Å²) in [5, 5.41) is 18.4. The van der Waals surface area contributed by atoms with E-state index in [1.807, 2.05) is 107 Å². The maximum Gasteiger partial charge on any atom is 0.253 e. The van der Waals surface area contributed by atoms with Gasteiger partial charge in [0.25, 0.3) is 5.91 Å². The molecule has 7 nitrogen and oxygen atoms in total. The number of anilines is 2. The van der Waals surface area contributed by atoms with Crippen LogP contribution in [0, 0.1) is 11.8 Å². The Morgan fingerprint density at radius 3 is 2.05 bits per heavy atom. The van der Waals surface area contributed by atoms with Gasteiger partial charge in [-0.05, 0) is 88.0 Å². The summed E-state index contributed by atoms with van der Waals surface area (Å²) in [6.07, 6.45) is 3.91. The molecule has 1 saturated heterocycles. The predicted octanol–water partition coefficient (Wildman–Crippen LogP) is 5.90. The molecule has 1 aliphatic heterocycles. The molecule has 3 aromatic rings. The molecule has 0 bridgehead atoms. The van der Waals surface area contributed by atoms with E-state index in [1.165, 1.54) is 0 Å². The summed E-state index contributed by atoms with van der Waals surface area (Å²) in [6, 6.07) is 25.6. The predicted molar refractivity (Wildman–Crippen MR) is 175 cm³/mol. The van der Waals surface area contributed by atoms with Gasteiger partial charge in [0.1, 0.15) is 5.60 Å². The van der Waals surface area contributed by atoms with Gasteiger partial charge in [0.05, 0.1) is 5.56 Å². The van der Waals surface area contributed by atoms with E-state index in [1.54, 1.807) is 0 Å². The van der Waals surface area contributed by atoms with Crippen LogP contribution in [0.3, 0.4) is 0 Å². The van der Waals surface area contributed by atoms with E-state index < -0.39 is 5.60 Å². The van der Waals surface area contributed by atoms with E-state index in [0.717, 1.165) is 55.5 Å². The van der Waals surface area contributed by atoms with Gasteiger partial charge in [0.15, 0.2) is 0 Å². The Bertz CT molecular complexity index is 1280. The Morgan fingerprint density at radius 2 is 1.51 bits per heavy atom. The van der Waals surface area contributed by atoms with Crippen molar-refractivity contribution in [1.82, 2.24) is 10.2 Å². The molecule has 0 unspecified atom stereocenters. The fourth-order valence-electron chi connectivity index (χ4n) is 6.23. The summed E-state index contributed by atoms with van der Waals surface area (Å²) in [6.45, 7) is 6.90. The molecule has 4 rings (SSSR count). The number of nitrogens with one attached hydrogen (secondary N) is 2. The van der Waals surface area contributed by atoms with Crippen LogP contribution in [-0.2, 0) is 10.4 Å². The fourth-order valence-corrected chi connectivity index (χ4v) is 6.23. The molecule has 0 aliphatic carbocycles. The van der Waals surface area contributed by atoms with Crippen LogP contribution in [-0.4, -0.2) is 62.1 Å². The third kappa shape index (κ3) is 7.84. The second-order valence-electron chi connectivity index (χ2n) is 11.9. The van der Waals surface area contributed by atoms with Crippen molar-refractivity contribution in [1.29, 1.82) is 0 Å². The van der Waals surface area contributed by atoms with Crippen LogP contribution in [0.2, 0.25) is 0 Å². The quantitative estimate of drug-likeness (QED) is 0.218. The van der Waals surface area contributed by atoms with Crippen molar-refractivity contribution in [3.63, 3.8) is 0 Å². The first kappa shape index (κ1) is 32.2. The number of carbonyl (C=O) groups is 2. The van der Waals surface area contributed by atoms with Gasteiger partial charge in [0.2, 0.25) is 5.91 Å². The summed E-state index contributed by atoms with van der Waals surface area (Å²) in [5.41, 5.74) is 2.74. The number of piperidine rings is 1. The maximum atomic E-state index is 13.5. The standard InChI is InChI=1S/C36H48N4O3/c1-5-27(6-2)34(41)38-31-18-19-33(32(26-31)35(42)37-22-13-23-39(3)4)40-24-20-30(21-25-40)36(43,28-14-9-7-10-15-28)29-16-11-8-12-17-29/h7-12,14-19,26-27,30,43H,5-6,13,20-25H2,1-4H3,(H,37,42)(H,38,41). The summed E-state index contributed by atoms with van der Waals surface area (Å²) >= 11 is 0. The molecule has 1 heterocycles. The second kappa shape index (κ2) is 15.2. The average Bonchev–Trinajstić information content (AvgIpc) is 3.04. The lowest BCUT2D eigenvalue weighted by Crippen LogP contribution is -2.44. The zero-order chi connectivity index (χ0) is 30.8. The summed E-state index contributed by atoms with van der Waals surface area (Å²) in [4.78, 5) is 30.7. The summed E-state index contributed by atoms with van der Waals surface area (Å²) in [7, 11) is 4.04. The van der Waals surface area contributed by atoms with Crippen LogP contribution in [0.1, 0.15) is 67.4 Å². The number of benzene rings is 3. The Balaban J connectivity index is 1.57. The van der Waals surface area contributed by atoms with Crippen LogP contribution < -0.4 is 15.5 Å². The minimum atomic E-state index is -1.11. The number of aliphatic hydroxyl groups is 1. The third-order valence-corrected chi connectivity index (χ3v) is 8.79. The topological polar surface area (TPSA) is 84.9 Å². The monoisotopic (exact) mass is 584 g/mol. The molecule has 0 spiro atoms. The van der Waals surface area contributed by atoms with Gasteiger partial charge in [0, 0.05) is 36.9 Å². The van der Waals surface area contributed by atoms with Crippen LogP contribution >= 0.6 is 0 Å². The lowest BCUT2D eigenvalue weighted by Gasteiger charge is -2.43. The van der Waals surface area contributed by atoms with Gasteiger partial charge in [-0.25, -0.2) is 0 Å². The highest BCUT2D eigenvalue weighted by Gasteiger charge is 2.41. The van der Waals surface area contributed by atoms with Crippen molar-refractivity contribution in [3.8, 4) is 0 Å². The Labute approximate surface area is 257 Å². The molecule has 0 radical (unpaired) electrons. The zero-order valence-electron chi connectivity index (χ0n) is 26.2. The molecule has 3 aromatic carbocycles. The van der Waals surface area contributed by atoms with Crippen molar-refractivity contribution in [2.75, 3.05) is 50.5 Å². The van der Waals surface area contributed by atoms with Crippen LogP contribution in [0.4, 0.5) is 11.4 Å². The first-order chi connectivity index (χ1) is 20.8. The van der Waals surface area contributed by atoms with E-state index >= 15 is 0 Å². The number of rotatable bonds is 13. The molecule has 1 aliphatic rings. The van der Waals surface area contributed by atoms with Crippen molar-refractivity contribution in [2.24, 2.45) is 11.8 Å². The molecule has 0 saturated carbocycles. The van der Waals surface area contributed by atoms with Crippen molar-refractivity contribution in [3.05, 3.63) is 95.6 Å². The molecule has 230 valence electrons. The highest BCUT2D eigenvalue weighted by Crippen LogP contribution is 2.43. The Hall–Kier alpha value is -3.68. The minimum absolute atomic E-state index is 0.00967. The fraction of sp³-hybridized carbons (Fsp3) is 0.444. The third-order valence-electron chi connectivity index (χ3n) is 8.79. The summed E-state index contributed by atoms with van der Waals surface area (Å²) in [5.74, 6) is -0.206. The van der Waals surface area contributed by atoms with E-state index in [0.29, 0.717) is 30.9 Å². The van der Waals surface area contributed by atoms with Crippen molar-refractivity contribution < 1.29 is 14.7 Å². The van der Waals surface area contributed by atoms with E-state index in [9.17, 15) is 14.7 Å². The van der Waals surface area contributed by atoms with Gasteiger partial charge >= 0.3 is 0 Å². The normalized spacial score (nSPS) is 14.3. The lowest BCUT2D eigenvalue weighted by molar-refractivity contribution is -0.120. The second-order valence-corrected chi connectivity index (χ2v) is 11.9. The number of hydrogen-bond acceptors (Lipinski definition) is 5. The smallest absolute Gasteiger partial charge is 0.253 e. The number of amides is 2. The first-order valence-electron chi connectivity index (χ1n) is 15.7. The minimum Gasteiger partial charge on any atom is -0.380 e. The largest absolute Gasteiger partial charge is 0.380 e. The molecule has 0 atom stereocenters. The molecule has 3 N–H and O–H groups in total. The Kier molecular flexibility index (Phi) is 11.4. The lowest BCUT2D eigenvalue weighted by atomic mass is 9.72. The zero-order valence-corrected chi connectivity index (χ0v) is 26.2. The van der Waals surface area contributed by atoms with Gasteiger partial charge in [-0.3, -0.25) is 9.59 Å². The van der Waals surface area contributed by atoms with E-state index in [2.05, 4.69) is 20.4 Å². The van der Waals surface area contributed by atoms with Crippen molar-refractivity contribution in [2.45, 2.75) is 51.6 Å². The van der Waals surface area contributed by atoms with Gasteiger partial charge in [-0.15, -0.1) is 0 Å². The average molecular weight is 585 g/mol. The van der Waals surface area contributed by atoms with Crippen LogP contribution in [0.25, 0.3) is 0 Å². The maximum absolute atomic E-state index is 13.5. The molecular formula is C36H48N4O3. The van der Waals surface area contributed by atoms with Gasteiger partial charge < -0.3 is 25.5 Å². The summed E-state index contributed by atoms with van der Waals surface area (Å²) < 4.78 is 0.